The Hall–Kier alpha value is -1.39. The Kier molecular flexibility index (Phi) is 4.78. The van der Waals surface area contributed by atoms with Gasteiger partial charge in [-0.25, -0.2) is 4.98 Å². The van der Waals surface area contributed by atoms with E-state index in [1.165, 1.54) is 5.56 Å². The van der Waals surface area contributed by atoms with E-state index in [4.69, 9.17) is 4.74 Å². The Balaban J connectivity index is 2.01. The van der Waals surface area contributed by atoms with Gasteiger partial charge in [-0.1, -0.05) is 24.6 Å². The molecule has 0 saturated carbocycles. The quantitative estimate of drug-likeness (QED) is 0.859. The molecule has 2 rings (SSSR count). The minimum Gasteiger partial charge on any atom is -0.379 e. The average molecular weight is 290 g/mol. The van der Waals surface area contributed by atoms with Gasteiger partial charge in [0, 0.05) is 18.2 Å². The van der Waals surface area contributed by atoms with E-state index in [1.54, 1.807) is 18.4 Å². The SMILES string of the molecule is CCC(C)(OC)c1nc(CNc2ccc(C)cc2)cs1. The monoisotopic (exact) mass is 290 g/mol. The number of aromatic nitrogens is 1. The average Bonchev–Trinajstić information content (AvgIpc) is 2.95. The van der Waals surface area contributed by atoms with Crippen LogP contribution in [0, 0.1) is 6.92 Å². The van der Waals surface area contributed by atoms with Crippen molar-refractivity contribution in [2.24, 2.45) is 0 Å². The van der Waals surface area contributed by atoms with Crippen LogP contribution in [0.3, 0.4) is 0 Å². The molecule has 4 heteroatoms. The normalized spacial score (nSPS) is 14.0. The lowest BCUT2D eigenvalue weighted by Crippen LogP contribution is -2.23. The molecule has 1 atom stereocenters. The van der Waals surface area contributed by atoms with Crippen molar-refractivity contribution in [1.29, 1.82) is 0 Å². The molecule has 1 heterocycles. The maximum absolute atomic E-state index is 5.59. The van der Waals surface area contributed by atoms with E-state index in [2.05, 4.69) is 60.7 Å². The first-order valence-corrected chi connectivity index (χ1v) is 7.76. The van der Waals surface area contributed by atoms with Crippen molar-refractivity contribution < 1.29 is 4.74 Å². The second-order valence-corrected chi connectivity index (χ2v) is 6.01. The zero-order valence-electron chi connectivity index (χ0n) is 12.6. The van der Waals surface area contributed by atoms with E-state index in [9.17, 15) is 0 Å². The Morgan fingerprint density at radius 2 is 2.00 bits per heavy atom. The zero-order chi connectivity index (χ0) is 14.6. The third-order valence-corrected chi connectivity index (χ3v) is 4.79. The number of thiazole rings is 1. The zero-order valence-corrected chi connectivity index (χ0v) is 13.4. The molecule has 3 nitrogen and oxygen atoms in total. The maximum Gasteiger partial charge on any atom is 0.125 e. The molecular weight excluding hydrogens is 268 g/mol. The summed E-state index contributed by atoms with van der Waals surface area (Å²) in [6, 6.07) is 8.39. The molecule has 0 amide bonds. The third-order valence-electron chi connectivity index (χ3n) is 3.65. The van der Waals surface area contributed by atoms with Gasteiger partial charge in [-0.3, -0.25) is 0 Å². The van der Waals surface area contributed by atoms with Crippen LogP contribution in [0.5, 0.6) is 0 Å². The molecule has 1 N–H and O–H groups in total. The van der Waals surface area contributed by atoms with E-state index in [-0.39, 0.29) is 5.60 Å². The summed E-state index contributed by atoms with van der Waals surface area (Å²) in [7, 11) is 1.75. The first-order valence-electron chi connectivity index (χ1n) is 6.88. The highest BCUT2D eigenvalue weighted by atomic mass is 32.1. The lowest BCUT2D eigenvalue weighted by atomic mass is 10.1. The maximum atomic E-state index is 5.59. The first kappa shape index (κ1) is 15.0. The van der Waals surface area contributed by atoms with Gasteiger partial charge in [0.1, 0.15) is 10.6 Å². The summed E-state index contributed by atoms with van der Waals surface area (Å²) < 4.78 is 5.59. The van der Waals surface area contributed by atoms with E-state index in [0.717, 1.165) is 29.4 Å². The fourth-order valence-corrected chi connectivity index (χ4v) is 2.91. The molecule has 20 heavy (non-hydrogen) atoms. The van der Waals surface area contributed by atoms with Crippen molar-refractivity contribution in [3.05, 3.63) is 45.9 Å². The van der Waals surface area contributed by atoms with E-state index >= 15 is 0 Å². The van der Waals surface area contributed by atoms with E-state index in [0.29, 0.717) is 0 Å². The van der Waals surface area contributed by atoms with Crippen LogP contribution in [-0.4, -0.2) is 12.1 Å². The van der Waals surface area contributed by atoms with Crippen LogP contribution in [0.4, 0.5) is 5.69 Å². The van der Waals surface area contributed by atoms with Gasteiger partial charge in [-0.05, 0) is 32.4 Å². The number of nitrogens with zero attached hydrogens (tertiary/aromatic N) is 1. The number of nitrogens with one attached hydrogen (secondary N) is 1. The van der Waals surface area contributed by atoms with Crippen LogP contribution < -0.4 is 5.32 Å². The number of benzene rings is 1. The molecule has 0 saturated heterocycles. The molecule has 1 aromatic heterocycles. The summed E-state index contributed by atoms with van der Waals surface area (Å²) in [5.41, 5.74) is 3.18. The topological polar surface area (TPSA) is 34.1 Å². The summed E-state index contributed by atoms with van der Waals surface area (Å²) in [6.07, 6.45) is 0.918. The molecule has 2 aromatic rings. The molecule has 1 aromatic carbocycles. The fraction of sp³-hybridized carbons (Fsp3) is 0.438. The van der Waals surface area contributed by atoms with Crippen LogP contribution in [0.15, 0.2) is 29.6 Å². The highest BCUT2D eigenvalue weighted by molar-refractivity contribution is 7.09. The molecular formula is C16H22N2OS. The number of hydrogen-bond donors (Lipinski definition) is 1. The highest BCUT2D eigenvalue weighted by Crippen LogP contribution is 2.30. The van der Waals surface area contributed by atoms with Crippen molar-refractivity contribution in [2.75, 3.05) is 12.4 Å². The van der Waals surface area contributed by atoms with Gasteiger partial charge in [0.2, 0.25) is 0 Å². The molecule has 0 aliphatic heterocycles. The second kappa shape index (κ2) is 6.37. The minimum absolute atomic E-state index is 0.271. The number of ether oxygens (including phenoxy) is 1. The predicted molar refractivity (Wildman–Crippen MR) is 85.3 cm³/mol. The molecule has 0 aliphatic rings. The molecule has 108 valence electrons. The number of hydrogen-bond acceptors (Lipinski definition) is 4. The lowest BCUT2D eigenvalue weighted by molar-refractivity contribution is -0.00165. The van der Waals surface area contributed by atoms with Crippen LogP contribution in [-0.2, 0) is 16.9 Å². The summed E-state index contributed by atoms with van der Waals surface area (Å²) in [5, 5.41) is 6.54. The van der Waals surface area contributed by atoms with Crippen molar-refractivity contribution in [1.82, 2.24) is 4.98 Å². The smallest absolute Gasteiger partial charge is 0.125 e. The number of aryl methyl sites for hydroxylation is 1. The van der Waals surface area contributed by atoms with Gasteiger partial charge in [-0.15, -0.1) is 11.3 Å². The molecule has 0 fully saturated rings. The third kappa shape index (κ3) is 3.38. The van der Waals surface area contributed by atoms with Gasteiger partial charge in [0.05, 0.1) is 12.2 Å². The number of rotatable bonds is 6. The standard InChI is InChI=1S/C16H22N2OS/c1-5-16(3,19-4)15-18-14(11-20-15)10-17-13-8-6-12(2)7-9-13/h6-9,11,17H,5,10H2,1-4H3. The molecule has 0 bridgehead atoms. The molecule has 0 radical (unpaired) electrons. The van der Waals surface area contributed by atoms with Crippen molar-refractivity contribution >= 4 is 17.0 Å². The highest BCUT2D eigenvalue weighted by Gasteiger charge is 2.27. The lowest BCUT2D eigenvalue weighted by Gasteiger charge is -2.23. The van der Waals surface area contributed by atoms with Gasteiger partial charge in [-0.2, -0.15) is 0 Å². The Labute approximate surface area is 125 Å². The van der Waals surface area contributed by atoms with E-state index in [1.807, 2.05) is 0 Å². The van der Waals surface area contributed by atoms with Crippen LogP contribution >= 0.6 is 11.3 Å². The summed E-state index contributed by atoms with van der Waals surface area (Å²) in [6.45, 7) is 7.04. The summed E-state index contributed by atoms with van der Waals surface area (Å²) in [4.78, 5) is 4.69. The Bertz CT molecular complexity index is 544. The molecule has 0 aliphatic carbocycles. The van der Waals surface area contributed by atoms with Crippen molar-refractivity contribution in [3.63, 3.8) is 0 Å². The first-order chi connectivity index (χ1) is 9.57. The van der Waals surface area contributed by atoms with Gasteiger partial charge < -0.3 is 10.1 Å². The van der Waals surface area contributed by atoms with Crippen LogP contribution in [0.2, 0.25) is 0 Å². The van der Waals surface area contributed by atoms with Gasteiger partial charge in [0.15, 0.2) is 0 Å². The van der Waals surface area contributed by atoms with Gasteiger partial charge >= 0.3 is 0 Å². The number of anilines is 1. The second-order valence-electron chi connectivity index (χ2n) is 5.15. The Morgan fingerprint density at radius 3 is 2.60 bits per heavy atom. The van der Waals surface area contributed by atoms with Crippen LogP contribution in [0.1, 0.15) is 36.5 Å². The van der Waals surface area contributed by atoms with Gasteiger partial charge in [0.25, 0.3) is 0 Å². The van der Waals surface area contributed by atoms with Crippen molar-refractivity contribution in [3.8, 4) is 0 Å². The largest absolute Gasteiger partial charge is 0.379 e. The number of methoxy groups -OCH3 is 1. The predicted octanol–water partition coefficient (Wildman–Crippen LogP) is 4.34. The summed E-state index contributed by atoms with van der Waals surface area (Å²) in [5.74, 6) is 0. The minimum atomic E-state index is -0.271. The Morgan fingerprint density at radius 1 is 1.30 bits per heavy atom. The summed E-state index contributed by atoms with van der Waals surface area (Å²) >= 11 is 1.67. The molecule has 0 spiro atoms. The van der Waals surface area contributed by atoms with Crippen LogP contribution in [0.25, 0.3) is 0 Å². The van der Waals surface area contributed by atoms with Crippen molar-refractivity contribution in [2.45, 2.75) is 39.3 Å². The molecule has 1 unspecified atom stereocenters. The van der Waals surface area contributed by atoms with E-state index < -0.39 is 0 Å². The fourth-order valence-electron chi connectivity index (χ4n) is 1.88.